The zero-order valence-corrected chi connectivity index (χ0v) is 11.4. The number of nitrogens with zero attached hydrogens (tertiary/aromatic N) is 1. The lowest BCUT2D eigenvalue weighted by Crippen LogP contribution is -2.51. The number of rotatable bonds is 3. The summed E-state index contributed by atoms with van der Waals surface area (Å²) in [7, 11) is 1.53. The summed E-state index contributed by atoms with van der Waals surface area (Å²) in [5, 5.41) is 2.44. The number of hydrogen-bond donors (Lipinski definition) is 1. The molecule has 1 aliphatic rings. The van der Waals surface area contributed by atoms with Crippen molar-refractivity contribution < 1.29 is 18.0 Å². The molecule has 0 radical (unpaired) electrons. The largest absolute Gasteiger partial charge is 0.345 e. The first-order chi connectivity index (χ1) is 8.85. The summed E-state index contributed by atoms with van der Waals surface area (Å²) in [4.78, 5) is 24.3. The Morgan fingerprint density at radius 2 is 2.05 bits per heavy atom. The maximum absolute atomic E-state index is 11.7. The average Bonchev–Trinajstić information content (AvgIpc) is 2.30. The zero-order valence-electron chi connectivity index (χ0n) is 9.80. The fourth-order valence-electron chi connectivity index (χ4n) is 1.81. The zero-order chi connectivity index (χ0) is 14.0. The summed E-state index contributed by atoms with van der Waals surface area (Å²) in [6, 6.07) is 6.39. The van der Waals surface area contributed by atoms with E-state index in [0.29, 0.717) is 11.3 Å². The second-order valence-electron chi connectivity index (χ2n) is 4.11. The molecule has 102 valence electrons. The molecular weight excluding hydrogens is 292 g/mol. The Morgan fingerprint density at radius 1 is 1.32 bits per heavy atom. The van der Waals surface area contributed by atoms with E-state index in [-0.39, 0.29) is 30.7 Å². The minimum Gasteiger partial charge on any atom is -0.345 e. The molecule has 1 aromatic carbocycles. The fraction of sp³-hybridized carbons (Fsp3) is 0.273. The van der Waals surface area contributed by atoms with Crippen LogP contribution in [-0.4, -0.2) is 33.3 Å². The van der Waals surface area contributed by atoms with Crippen LogP contribution < -0.4 is 10.2 Å². The highest BCUT2D eigenvalue weighted by atomic mass is 35.7. The molecule has 0 saturated carbocycles. The van der Waals surface area contributed by atoms with Gasteiger partial charge in [-0.2, -0.15) is 0 Å². The maximum atomic E-state index is 11.7. The van der Waals surface area contributed by atoms with Crippen LogP contribution in [0.2, 0.25) is 0 Å². The Bertz CT molecular complexity index is 629. The van der Waals surface area contributed by atoms with Gasteiger partial charge in [0.15, 0.2) is 0 Å². The second-order valence-corrected chi connectivity index (χ2v) is 6.89. The van der Waals surface area contributed by atoms with E-state index in [1.165, 1.54) is 11.0 Å². The summed E-state index contributed by atoms with van der Waals surface area (Å²) in [6.07, 6.45) is 0. The predicted molar refractivity (Wildman–Crippen MR) is 70.3 cm³/mol. The van der Waals surface area contributed by atoms with E-state index in [4.69, 9.17) is 10.7 Å². The summed E-state index contributed by atoms with van der Waals surface area (Å²) < 4.78 is 22.1. The number of benzene rings is 1. The number of halogens is 1. The molecule has 0 spiro atoms. The highest BCUT2D eigenvalue weighted by Gasteiger charge is 2.24. The summed E-state index contributed by atoms with van der Waals surface area (Å²) in [5.74, 6) is -0.822. The monoisotopic (exact) mass is 302 g/mol. The van der Waals surface area contributed by atoms with Crippen LogP contribution in [-0.2, 0) is 24.4 Å². The number of amides is 2. The SMILES string of the molecule is O=C1CN(c2cccc(CS(=O)(=O)Cl)c2)C(=O)CN1. The molecule has 0 aliphatic carbocycles. The Kier molecular flexibility index (Phi) is 3.77. The van der Waals surface area contributed by atoms with Crippen LogP contribution in [0.25, 0.3) is 0 Å². The molecule has 0 unspecified atom stereocenters. The number of carbonyl (C=O) groups is 2. The van der Waals surface area contributed by atoms with Gasteiger partial charge >= 0.3 is 0 Å². The van der Waals surface area contributed by atoms with Crippen LogP contribution in [0.15, 0.2) is 24.3 Å². The van der Waals surface area contributed by atoms with Crippen LogP contribution in [0.4, 0.5) is 5.69 Å². The quantitative estimate of drug-likeness (QED) is 0.810. The van der Waals surface area contributed by atoms with Crippen molar-refractivity contribution in [1.82, 2.24) is 5.32 Å². The fourth-order valence-corrected chi connectivity index (χ4v) is 2.76. The van der Waals surface area contributed by atoms with Crippen molar-refractivity contribution in [2.24, 2.45) is 0 Å². The molecule has 6 nitrogen and oxygen atoms in total. The van der Waals surface area contributed by atoms with E-state index in [1.807, 2.05) is 0 Å². The standard InChI is InChI=1S/C11H11ClN2O4S/c12-19(17,18)7-8-2-1-3-9(4-8)14-6-10(15)13-5-11(14)16/h1-4H,5-7H2,(H,13,15). The molecule has 0 atom stereocenters. The highest BCUT2D eigenvalue weighted by molar-refractivity contribution is 8.13. The average molecular weight is 303 g/mol. The van der Waals surface area contributed by atoms with Gasteiger partial charge < -0.3 is 10.2 Å². The maximum Gasteiger partial charge on any atom is 0.246 e. The van der Waals surface area contributed by atoms with Gasteiger partial charge in [0.05, 0.1) is 12.3 Å². The Balaban J connectivity index is 2.27. The normalized spacial score (nSPS) is 16.4. The van der Waals surface area contributed by atoms with Gasteiger partial charge in [-0.05, 0) is 17.7 Å². The van der Waals surface area contributed by atoms with Crippen molar-refractivity contribution in [1.29, 1.82) is 0 Å². The summed E-state index contributed by atoms with van der Waals surface area (Å²) >= 11 is 0. The summed E-state index contributed by atoms with van der Waals surface area (Å²) in [6.45, 7) is -0.132. The minimum atomic E-state index is -3.66. The number of nitrogens with one attached hydrogen (secondary N) is 1. The smallest absolute Gasteiger partial charge is 0.246 e. The van der Waals surface area contributed by atoms with Gasteiger partial charge in [0.2, 0.25) is 20.9 Å². The van der Waals surface area contributed by atoms with Gasteiger partial charge in [-0.3, -0.25) is 9.59 Å². The van der Waals surface area contributed by atoms with E-state index in [0.717, 1.165) is 0 Å². The molecule has 0 aromatic heterocycles. The van der Waals surface area contributed by atoms with Crippen molar-refractivity contribution >= 4 is 37.2 Å². The van der Waals surface area contributed by atoms with E-state index in [9.17, 15) is 18.0 Å². The molecule has 1 aromatic rings. The van der Waals surface area contributed by atoms with Gasteiger partial charge in [-0.25, -0.2) is 8.42 Å². The minimum absolute atomic E-state index is 0.0587. The lowest BCUT2D eigenvalue weighted by atomic mass is 10.2. The molecule has 1 heterocycles. The number of piperazine rings is 1. The van der Waals surface area contributed by atoms with Crippen LogP contribution in [0, 0.1) is 0 Å². The second kappa shape index (κ2) is 5.18. The lowest BCUT2D eigenvalue weighted by Gasteiger charge is -2.26. The molecule has 19 heavy (non-hydrogen) atoms. The first-order valence-corrected chi connectivity index (χ1v) is 7.91. The molecular formula is C11H11ClN2O4S. The third-order valence-corrected chi connectivity index (χ3v) is 3.61. The molecule has 2 amide bonds. The van der Waals surface area contributed by atoms with Gasteiger partial charge in [0.1, 0.15) is 6.54 Å². The van der Waals surface area contributed by atoms with Crippen molar-refractivity contribution in [2.45, 2.75) is 5.75 Å². The van der Waals surface area contributed by atoms with Crippen LogP contribution >= 0.6 is 10.7 Å². The van der Waals surface area contributed by atoms with Gasteiger partial charge in [0.25, 0.3) is 0 Å². The predicted octanol–water partition coefficient (Wildman–Crippen LogP) is 0.218. The van der Waals surface area contributed by atoms with Gasteiger partial charge in [-0.1, -0.05) is 12.1 Å². The van der Waals surface area contributed by atoms with Gasteiger partial charge in [-0.15, -0.1) is 0 Å². The van der Waals surface area contributed by atoms with E-state index < -0.39 is 9.05 Å². The van der Waals surface area contributed by atoms with Crippen molar-refractivity contribution in [3.8, 4) is 0 Å². The van der Waals surface area contributed by atoms with Crippen molar-refractivity contribution in [3.05, 3.63) is 29.8 Å². The number of anilines is 1. The molecule has 1 N–H and O–H groups in total. The van der Waals surface area contributed by atoms with E-state index in [1.54, 1.807) is 18.2 Å². The third kappa shape index (κ3) is 3.68. The first-order valence-electron chi connectivity index (χ1n) is 5.43. The lowest BCUT2D eigenvalue weighted by molar-refractivity contribution is -0.128. The van der Waals surface area contributed by atoms with Crippen molar-refractivity contribution in [2.75, 3.05) is 18.0 Å². The van der Waals surface area contributed by atoms with E-state index >= 15 is 0 Å². The number of carbonyl (C=O) groups excluding carboxylic acids is 2. The number of hydrogen-bond acceptors (Lipinski definition) is 4. The van der Waals surface area contributed by atoms with E-state index in [2.05, 4.69) is 5.32 Å². The Morgan fingerprint density at radius 3 is 2.74 bits per heavy atom. The van der Waals surface area contributed by atoms with Crippen molar-refractivity contribution in [3.63, 3.8) is 0 Å². The molecule has 2 rings (SSSR count). The Labute approximate surface area is 114 Å². The summed E-state index contributed by atoms with van der Waals surface area (Å²) in [5.41, 5.74) is 0.948. The third-order valence-electron chi connectivity index (χ3n) is 2.60. The first kappa shape index (κ1) is 13.8. The molecule has 1 aliphatic heterocycles. The molecule has 0 bridgehead atoms. The Hall–Kier alpha value is -1.60. The molecule has 1 saturated heterocycles. The molecule has 1 fully saturated rings. The van der Waals surface area contributed by atoms with Crippen LogP contribution in [0.1, 0.15) is 5.56 Å². The topological polar surface area (TPSA) is 83.6 Å². The van der Waals surface area contributed by atoms with Crippen LogP contribution in [0.3, 0.4) is 0 Å². The molecule has 8 heteroatoms. The highest BCUT2D eigenvalue weighted by Crippen LogP contribution is 2.19. The van der Waals surface area contributed by atoms with Crippen LogP contribution in [0.5, 0.6) is 0 Å². The van der Waals surface area contributed by atoms with Gasteiger partial charge in [0, 0.05) is 16.4 Å².